The highest BCUT2D eigenvalue weighted by molar-refractivity contribution is 9.10. The molecular weight excluding hydrogens is 246 g/mol. The van der Waals surface area contributed by atoms with Gasteiger partial charge >= 0.3 is 0 Å². The second-order valence-electron chi connectivity index (χ2n) is 2.43. The van der Waals surface area contributed by atoms with Crippen LogP contribution in [-0.4, -0.2) is 18.0 Å². The molecule has 0 heterocycles. The maximum atomic E-state index is 8.32. The van der Waals surface area contributed by atoms with Crippen LogP contribution in [0.4, 0.5) is 0 Å². The Balaban J connectivity index is 2.85. The molecule has 0 aliphatic rings. The number of halogens is 1. The molecule has 4 heteroatoms. The third-order valence-corrected chi connectivity index (χ3v) is 2.09. The van der Waals surface area contributed by atoms with E-state index in [2.05, 4.69) is 27.0 Å². The fraction of sp³-hybridized carbons (Fsp3) is 0.100. The minimum atomic E-state index is 0.228. The lowest BCUT2D eigenvalue weighted by molar-refractivity contribution is 0.322. The molecule has 1 rings (SSSR count). The van der Waals surface area contributed by atoms with Crippen molar-refractivity contribution in [1.29, 1.82) is 0 Å². The summed E-state index contributed by atoms with van der Waals surface area (Å²) in [5.41, 5.74) is 0.771. The van der Waals surface area contributed by atoms with Crippen LogP contribution in [0.25, 0.3) is 0 Å². The van der Waals surface area contributed by atoms with E-state index in [1.807, 2.05) is 0 Å². The van der Waals surface area contributed by atoms with Gasteiger partial charge in [0.2, 0.25) is 0 Å². The van der Waals surface area contributed by atoms with Crippen LogP contribution in [0.3, 0.4) is 0 Å². The lowest BCUT2D eigenvalue weighted by atomic mass is 10.2. The van der Waals surface area contributed by atoms with Crippen LogP contribution in [0.2, 0.25) is 0 Å². The number of hydrogen-bond donors (Lipinski definition) is 1. The number of hydrogen-bond acceptors (Lipinski definition) is 3. The van der Waals surface area contributed by atoms with Crippen molar-refractivity contribution in [3.63, 3.8) is 0 Å². The van der Waals surface area contributed by atoms with Crippen molar-refractivity contribution < 1.29 is 9.94 Å². The van der Waals surface area contributed by atoms with Crippen LogP contribution >= 0.6 is 15.9 Å². The fourth-order valence-corrected chi connectivity index (χ4v) is 1.41. The van der Waals surface area contributed by atoms with Gasteiger partial charge in [0.15, 0.2) is 0 Å². The number of nitrogens with zero attached hydrogens (tertiary/aromatic N) is 1. The number of benzene rings is 1. The minimum Gasteiger partial charge on any atom is -0.480 e. The number of ether oxygens (including phenoxy) is 1. The fourth-order valence-electron chi connectivity index (χ4n) is 0.901. The largest absolute Gasteiger partial charge is 0.480 e. The van der Waals surface area contributed by atoms with Crippen LogP contribution < -0.4 is 4.74 Å². The molecule has 0 saturated carbocycles. The van der Waals surface area contributed by atoms with Gasteiger partial charge in [-0.3, -0.25) is 0 Å². The SMILES string of the molecule is C#CCOc1ccc(/C=N/O)cc1Br. The van der Waals surface area contributed by atoms with Crippen molar-refractivity contribution in [1.82, 2.24) is 0 Å². The Bertz CT molecular complexity index is 382. The average molecular weight is 254 g/mol. The van der Waals surface area contributed by atoms with E-state index in [0.29, 0.717) is 5.75 Å². The molecule has 1 N–H and O–H groups in total. The van der Waals surface area contributed by atoms with E-state index in [1.54, 1.807) is 18.2 Å². The third kappa shape index (κ3) is 2.79. The van der Waals surface area contributed by atoms with Crippen LogP contribution in [0.1, 0.15) is 5.56 Å². The lowest BCUT2D eigenvalue weighted by Gasteiger charge is -2.04. The molecule has 1 aromatic carbocycles. The van der Waals surface area contributed by atoms with E-state index in [1.165, 1.54) is 6.21 Å². The molecule has 0 saturated heterocycles. The summed E-state index contributed by atoms with van der Waals surface area (Å²) in [7, 11) is 0. The van der Waals surface area contributed by atoms with E-state index in [9.17, 15) is 0 Å². The average Bonchev–Trinajstić information content (AvgIpc) is 2.17. The Labute approximate surface area is 90.5 Å². The minimum absolute atomic E-state index is 0.228. The third-order valence-electron chi connectivity index (χ3n) is 1.47. The quantitative estimate of drug-likeness (QED) is 0.389. The summed E-state index contributed by atoms with van der Waals surface area (Å²) < 4.78 is 6.00. The van der Waals surface area contributed by atoms with Gasteiger partial charge < -0.3 is 9.94 Å². The molecule has 0 amide bonds. The molecule has 0 aliphatic heterocycles. The summed E-state index contributed by atoms with van der Waals surface area (Å²) in [5.74, 6) is 3.04. The van der Waals surface area contributed by atoms with Crippen molar-refractivity contribution >= 4 is 22.1 Å². The summed E-state index contributed by atoms with van der Waals surface area (Å²) in [6, 6.07) is 5.28. The zero-order valence-corrected chi connectivity index (χ0v) is 8.86. The van der Waals surface area contributed by atoms with Crippen molar-refractivity contribution in [3.05, 3.63) is 28.2 Å². The predicted octanol–water partition coefficient (Wildman–Crippen LogP) is 2.27. The molecule has 0 bridgehead atoms. The normalized spacial score (nSPS) is 10.0. The first-order chi connectivity index (χ1) is 6.77. The maximum absolute atomic E-state index is 8.32. The molecule has 0 spiro atoms. The summed E-state index contributed by atoms with van der Waals surface area (Å²) in [4.78, 5) is 0. The molecule has 14 heavy (non-hydrogen) atoms. The van der Waals surface area contributed by atoms with Gasteiger partial charge in [-0.15, -0.1) is 6.42 Å². The first-order valence-electron chi connectivity index (χ1n) is 3.81. The smallest absolute Gasteiger partial charge is 0.148 e. The molecular formula is C10H8BrNO2. The summed E-state index contributed by atoms with van der Waals surface area (Å²) in [5, 5.41) is 11.2. The van der Waals surface area contributed by atoms with Crippen molar-refractivity contribution in [2.45, 2.75) is 0 Å². The molecule has 0 radical (unpaired) electrons. The van der Waals surface area contributed by atoms with Crippen molar-refractivity contribution in [2.75, 3.05) is 6.61 Å². The topological polar surface area (TPSA) is 41.8 Å². The van der Waals surface area contributed by atoms with E-state index >= 15 is 0 Å². The monoisotopic (exact) mass is 253 g/mol. The van der Waals surface area contributed by atoms with Gasteiger partial charge in [0.1, 0.15) is 12.4 Å². The van der Waals surface area contributed by atoms with Gasteiger partial charge in [-0.05, 0) is 39.7 Å². The first kappa shape index (κ1) is 10.6. The first-order valence-corrected chi connectivity index (χ1v) is 4.60. The maximum Gasteiger partial charge on any atom is 0.148 e. The standard InChI is InChI=1S/C10H8BrNO2/c1-2-5-14-10-4-3-8(7-12-13)6-9(10)11/h1,3-4,6-7,13H,5H2/b12-7+. The van der Waals surface area contributed by atoms with Gasteiger partial charge in [-0.2, -0.15) is 0 Å². The zero-order valence-electron chi connectivity index (χ0n) is 7.27. The Morgan fingerprint density at radius 1 is 1.64 bits per heavy atom. The van der Waals surface area contributed by atoms with E-state index in [0.717, 1.165) is 10.0 Å². The summed E-state index contributed by atoms with van der Waals surface area (Å²) in [6.45, 7) is 0.228. The molecule has 3 nitrogen and oxygen atoms in total. The Morgan fingerprint density at radius 3 is 3.00 bits per heavy atom. The number of terminal acetylenes is 1. The van der Waals surface area contributed by atoms with Crippen LogP contribution in [0, 0.1) is 12.3 Å². The molecule has 0 aliphatic carbocycles. The molecule has 0 unspecified atom stereocenters. The zero-order chi connectivity index (χ0) is 10.4. The predicted molar refractivity (Wildman–Crippen MR) is 57.9 cm³/mol. The van der Waals surface area contributed by atoms with Gasteiger partial charge in [0.25, 0.3) is 0 Å². The van der Waals surface area contributed by atoms with Crippen LogP contribution in [0.15, 0.2) is 27.8 Å². The molecule has 72 valence electrons. The molecule has 0 atom stereocenters. The Kier molecular flexibility index (Phi) is 4.02. The Hall–Kier alpha value is -1.47. The molecule has 0 aromatic heterocycles. The van der Waals surface area contributed by atoms with Crippen molar-refractivity contribution in [2.24, 2.45) is 5.16 Å². The highest BCUT2D eigenvalue weighted by atomic mass is 79.9. The highest BCUT2D eigenvalue weighted by Gasteiger charge is 2.00. The van der Waals surface area contributed by atoms with Gasteiger partial charge in [0, 0.05) is 0 Å². The van der Waals surface area contributed by atoms with Crippen LogP contribution in [-0.2, 0) is 0 Å². The van der Waals surface area contributed by atoms with Gasteiger partial charge in [-0.25, -0.2) is 0 Å². The highest BCUT2D eigenvalue weighted by Crippen LogP contribution is 2.25. The summed E-state index contributed by atoms with van der Waals surface area (Å²) >= 11 is 3.31. The van der Waals surface area contributed by atoms with E-state index in [-0.39, 0.29) is 6.61 Å². The Morgan fingerprint density at radius 2 is 2.43 bits per heavy atom. The van der Waals surface area contributed by atoms with E-state index in [4.69, 9.17) is 16.4 Å². The van der Waals surface area contributed by atoms with Crippen LogP contribution in [0.5, 0.6) is 5.75 Å². The second-order valence-corrected chi connectivity index (χ2v) is 3.28. The lowest BCUT2D eigenvalue weighted by Crippen LogP contribution is -1.94. The number of rotatable bonds is 3. The molecule has 1 aromatic rings. The van der Waals surface area contributed by atoms with Crippen molar-refractivity contribution in [3.8, 4) is 18.1 Å². The summed E-state index contributed by atoms with van der Waals surface area (Å²) in [6.07, 6.45) is 6.39. The van der Waals surface area contributed by atoms with Gasteiger partial charge in [-0.1, -0.05) is 11.1 Å². The second kappa shape index (κ2) is 5.30. The number of oxime groups is 1. The van der Waals surface area contributed by atoms with E-state index < -0.39 is 0 Å². The van der Waals surface area contributed by atoms with Gasteiger partial charge in [0.05, 0.1) is 10.7 Å². The molecule has 0 fully saturated rings.